The van der Waals surface area contributed by atoms with Gasteiger partial charge in [0.05, 0.1) is 16.6 Å². The summed E-state index contributed by atoms with van der Waals surface area (Å²) in [6.45, 7) is 0. The van der Waals surface area contributed by atoms with Gasteiger partial charge in [-0.2, -0.15) is 0 Å². The fourth-order valence-corrected chi connectivity index (χ4v) is 3.25. The van der Waals surface area contributed by atoms with Crippen LogP contribution in [0.1, 0.15) is 5.56 Å². The van der Waals surface area contributed by atoms with E-state index in [2.05, 4.69) is 15.9 Å². The molecule has 0 spiro atoms. The molecule has 0 fully saturated rings. The maximum atomic E-state index is 12.1. The predicted octanol–water partition coefficient (Wildman–Crippen LogP) is 3.34. The first-order chi connectivity index (χ1) is 8.18. The van der Waals surface area contributed by atoms with Gasteiger partial charge in [-0.05, 0) is 39.7 Å². The third-order valence-electron chi connectivity index (χ3n) is 2.40. The molecule has 2 N–H and O–H groups in total. The number of hydrogen-bond donors (Lipinski definition) is 1. The second-order valence-corrected chi connectivity index (χ2v) is 5.87. The fraction of sp³-hybridized carbons (Fsp3) is 0.0769. The Morgan fingerprint density at radius 1 is 1.06 bits per heavy atom. The standard InChI is InChI=1S/C13H12BrNOS/c14-13-10(5-4-8-12(13)15)9-17(16)11-6-2-1-3-7-11/h1-8H,9,15H2. The second kappa shape index (κ2) is 5.47. The van der Waals surface area contributed by atoms with Gasteiger partial charge < -0.3 is 5.73 Å². The molecule has 0 heterocycles. The van der Waals surface area contributed by atoms with E-state index in [1.54, 1.807) is 0 Å². The van der Waals surface area contributed by atoms with Gasteiger partial charge in [-0.3, -0.25) is 4.21 Å². The summed E-state index contributed by atoms with van der Waals surface area (Å²) in [5.41, 5.74) is 7.43. The maximum Gasteiger partial charge on any atom is 0.0574 e. The Morgan fingerprint density at radius 3 is 2.47 bits per heavy atom. The van der Waals surface area contributed by atoms with Crippen molar-refractivity contribution in [2.45, 2.75) is 10.6 Å². The van der Waals surface area contributed by atoms with Gasteiger partial charge in [0.25, 0.3) is 0 Å². The lowest BCUT2D eigenvalue weighted by molar-refractivity contribution is 0.682. The molecule has 2 aromatic carbocycles. The van der Waals surface area contributed by atoms with Crippen LogP contribution in [0.5, 0.6) is 0 Å². The molecule has 2 nitrogen and oxygen atoms in total. The Balaban J connectivity index is 2.22. The topological polar surface area (TPSA) is 43.1 Å². The molecule has 2 aromatic rings. The van der Waals surface area contributed by atoms with Crippen LogP contribution < -0.4 is 5.73 Å². The second-order valence-electron chi connectivity index (χ2n) is 3.62. The molecular formula is C13H12BrNOS. The highest BCUT2D eigenvalue weighted by Gasteiger charge is 2.08. The Bertz CT molecular complexity index is 542. The number of rotatable bonds is 3. The van der Waals surface area contributed by atoms with Crippen LogP contribution in [0.3, 0.4) is 0 Å². The molecule has 4 heteroatoms. The Hall–Kier alpha value is -1.13. The van der Waals surface area contributed by atoms with Crippen molar-refractivity contribution in [3.05, 3.63) is 58.6 Å². The van der Waals surface area contributed by atoms with Crippen molar-refractivity contribution in [1.82, 2.24) is 0 Å². The van der Waals surface area contributed by atoms with Crippen molar-refractivity contribution in [2.75, 3.05) is 5.73 Å². The van der Waals surface area contributed by atoms with Gasteiger partial charge in [-0.1, -0.05) is 30.3 Å². The smallest absolute Gasteiger partial charge is 0.0574 e. The van der Waals surface area contributed by atoms with Crippen LogP contribution >= 0.6 is 15.9 Å². The first-order valence-corrected chi connectivity index (χ1v) is 7.26. The molecule has 0 saturated carbocycles. The van der Waals surface area contributed by atoms with E-state index in [1.807, 2.05) is 48.5 Å². The van der Waals surface area contributed by atoms with E-state index < -0.39 is 10.8 Å². The molecule has 0 aliphatic carbocycles. The summed E-state index contributed by atoms with van der Waals surface area (Å²) in [6.07, 6.45) is 0. The fourth-order valence-electron chi connectivity index (χ4n) is 1.51. The van der Waals surface area contributed by atoms with Gasteiger partial charge in [-0.15, -0.1) is 0 Å². The average Bonchev–Trinajstić information content (AvgIpc) is 2.36. The molecule has 0 bridgehead atoms. The lowest BCUT2D eigenvalue weighted by Crippen LogP contribution is -1.99. The normalized spacial score (nSPS) is 12.3. The third-order valence-corrected chi connectivity index (χ3v) is 4.74. The molecule has 17 heavy (non-hydrogen) atoms. The van der Waals surface area contributed by atoms with E-state index in [0.29, 0.717) is 11.4 Å². The summed E-state index contributed by atoms with van der Waals surface area (Å²) >= 11 is 3.42. The van der Waals surface area contributed by atoms with Crippen molar-refractivity contribution in [3.63, 3.8) is 0 Å². The van der Waals surface area contributed by atoms with Crippen LogP contribution in [0.4, 0.5) is 5.69 Å². The van der Waals surface area contributed by atoms with Crippen molar-refractivity contribution in [3.8, 4) is 0 Å². The zero-order valence-corrected chi connectivity index (χ0v) is 11.5. The highest BCUT2D eigenvalue weighted by molar-refractivity contribution is 9.10. The molecule has 0 saturated heterocycles. The van der Waals surface area contributed by atoms with Crippen LogP contribution in [0.2, 0.25) is 0 Å². The number of hydrogen-bond acceptors (Lipinski definition) is 2. The number of halogens is 1. The van der Waals surface area contributed by atoms with Crippen LogP contribution in [-0.4, -0.2) is 4.21 Å². The SMILES string of the molecule is Nc1cccc(CS(=O)c2ccccc2)c1Br. The van der Waals surface area contributed by atoms with Gasteiger partial charge in [0, 0.05) is 15.1 Å². The summed E-state index contributed by atoms with van der Waals surface area (Å²) in [7, 11) is -1.04. The van der Waals surface area contributed by atoms with E-state index in [-0.39, 0.29) is 0 Å². The van der Waals surface area contributed by atoms with E-state index in [4.69, 9.17) is 5.73 Å². The summed E-state index contributed by atoms with van der Waals surface area (Å²) < 4.78 is 13.0. The molecule has 0 amide bonds. The van der Waals surface area contributed by atoms with Crippen LogP contribution in [0, 0.1) is 0 Å². The molecule has 0 aliphatic heterocycles. The van der Waals surface area contributed by atoms with Crippen LogP contribution in [-0.2, 0) is 16.6 Å². The number of anilines is 1. The molecular weight excluding hydrogens is 298 g/mol. The maximum absolute atomic E-state index is 12.1. The third kappa shape index (κ3) is 2.96. The van der Waals surface area contributed by atoms with E-state index in [1.165, 1.54) is 0 Å². The minimum absolute atomic E-state index is 0.468. The summed E-state index contributed by atoms with van der Waals surface area (Å²) in [4.78, 5) is 0.835. The van der Waals surface area contributed by atoms with Gasteiger partial charge in [-0.25, -0.2) is 0 Å². The van der Waals surface area contributed by atoms with Gasteiger partial charge >= 0.3 is 0 Å². The minimum Gasteiger partial charge on any atom is -0.398 e. The van der Waals surface area contributed by atoms with Gasteiger partial charge in [0.15, 0.2) is 0 Å². The van der Waals surface area contributed by atoms with Crippen molar-refractivity contribution in [2.24, 2.45) is 0 Å². The van der Waals surface area contributed by atoms with E-state index in [0.717, 1.165) is 14.9 Å². The van der Waals surface area contributed by atoms with Crippen molar-refractivity contribution < 1.29 is 4.21 Å². The Morgan fingerprint density at radius 2 is 1.76 bits per heavy atom. The lowest BCUT2D eigenvalue weighted by atomic mass is 10.2. The zero-order chi connectivity index (χ0) is 12.3. The zero-order valence-electron chi connectivity index (χ0n) is 9.10. The monoisotopic (exact) mass is 309 g/mol. The highest BCUT2D eigenvalue weighted by atomic mass is 79.9. The van der Waals surface area contributed by atoms with E-state index in [9.17, 15) is 4.21 Å². The molecule has 0 aromatic heterocycles. The minimum atomic E-state index is -1.04. The van der Waals surface area contributed by atoms with Gasteiger partial charge in [0.1, 0.15) is 0 Å². The highest BCUT2D eigenvalue weighted by Crippen LogP contribution is 2.25. The number of nitrogen functional groups attached to an aromatic ring is 1. The first-order valence-electron chi connectivity index (χ1n) is 5.15. The number of benzene rings is 2. The molecule has 1 unspecified atom stereocenters. The Labute approximate surface area is 111 Å². The Kier molecular flexibility index (Phi) is 3.97. The summed E-state index contributed by atoms with van der Waals surface area (Å²) in [6, 6.07) is 15.1. The first kappa shape index (κ1) is 12.3. The average molecular weight is 310 g/mol. The predicted molar refractivity (Wildman–Crippen MR) is 75.1 cm³/mol. The van der Waals surface area contributed by atoms with Crippen molar-refractivity contribution in [1.29, 1.82) is 0 Å². The molecule has 88 valence electrons. The number of nitrogens with two attached hydrogens (primary N) is 1. The quantitative estimate of drug-likeness (QED) is 0.884. The van der Waals surface area contributed by atoms with Crippen molar-refractivity contribution >= 4 is 32.4 Å². The van der Waals surface area contributed by atoms with Crippen LogP contribution in [0.25, 0.3) is 0 Å². The van der Waals surface area contributed by atoms with Gasteiger partial charge in [0.2, 0.25) is 0 Å². The van der Waals surface area contributed by atoms with Crippen LogP contribution in [0.15, 0.2) is 57.9 Å². The summed E-state index contributed by atoms with van der Waals surface area (Å²) in [5, 5.41) is 0. The van der Waals surface area contributed by atoms with E-state index >= 15 is 0 Å². The molecule has 2 rings (SSSR count). The molecule has 0 aliphatic rings. The lowest BCUT2D eigenvalue weighted by Gasteiger charge is -2.06. The summed E-state index contributed by atoms with van der Waals surface area (Å²) in [5.74, 6) is 0.468. The molecule has 0 radical (unpaired) electrons. The molecule has 1 atom stereocenters. The largest absolute Gasteiger partial charge is 0.398 e.